The zero-order valence-electron chi connectivity index (χ0n) is 20.3. The number of fused-ring (bicyclic) bond motifs is 1. The Hall–Kier alpha value is -4.36. The first-order chi connectivity index (χ1) is 18.1. The Morgan fingerprint density at radius 3 is 2.57 bits per heavy atom. The molecule has 0 N–H and O–H groups in total. The van der Waals surface area contributed by atoms with E-state index in [-0.39, 0.29) is 12.5 Å². The second-order valence-electron chi connectivity index (χ2n) is 8.65. The van der Waals surface area contributed by atoms with Gasteiger partial charge in [0.2, 0.25) is 0 Å². The van der Waals surface area contributed by atoms with Crippen LogP contribution < -0.4 is 0 Å². The number of pyridine rings is 1. The number of aliphatic imine (C=N–C) groups is 1. The molecule has 1 amide bonds. The number of amides is 1. The molecule has 5 rings (SSSR count). The van der Waals surface area contributed by atoms with Crippen LogP contribution in [0, 0.1) is 0 Å². The van der Waals surface area contributed by atoms with Gasteiger partial charge >= 0.3 is 0 Å². The van der Waals surface area contributed by atoms with E-state index in [1.165, 1.54) is 0 Å². The normalized spacial score (nSPS) is 11.3. The van der Waals surface area contributed by atoms with Crippen molar-refractivity contribution in [3.05, 3.63) is 124 Å². The first-order valence-electron chi connectivity index (χ1n) is 11.9. The van der Waals surface area contributed by atoms with Gasteiger partial charge in [0.15, 0.2) is 5.82 Å². The maximum absolute atomic E-state index is 13.7. The molecule has 0 fully saturated rings. The predicted molar refractivity (Wildman–Crippen MR) is 146 cm³/mol. The Balaban J connectivity index is 1.43. The lowest BCUT2D eigenvalue weighted by molar-refractivity contribution is 0.0718. The summed E-state index contributed by atoms with van der Waals surface area (Å²) in [6.45, 7) is 1.14. The van der Waals surface area contributed by atoms with E-state index in [9.17, 15) is 4.79 Å². The Kier molecular flexibility index (Phi) is 7.33. The highest BCUT2D eigenvalue weighted by Gasteiger charge is 2.22. The van der Waals surface area contributed by atoms with Crippen LogP contribution in [-0.2, 0) is 19.6 Å². The van der Waals surface area contributed by atoms with Gasteiger partial charge in [-0.25, -0.2) is 4.98 Å². The second-order valence-corrected chi connectivity index (χ2v) is 9.05. The third-order valence-corrected chi connectivity index (χ3v) is 6.43. The van der Waals surface area contributed by atoms with Crippen molar-refractivity contribution < 1.29 is 4.79 Å². The Labute approximate surface area is 220 Å². The third-order valence-electron chi connectivity index (χ3n) is 6.06. The van der Waals surface area contributed by atoms with E-state index in [0.717, 1.165) is 27.6 Å². The molecule has 0 aliphatic heterocycles. The molecule has 0 aliphatic carbocycles. The first-order valence-corrected chi connectivity index (χ1v) is 12.2. The fraction of sp³-hybridized carbons (Fsp3) is 0.138. The molecular formula is C29H25ClN6O. The lowest BCUT2D eigenvalue weighted by Crippen LogP contribution is -2.32. The molecule has 3 aromatic carbocycles. The SMILES string of the molecule is CN=Cc1ccc(Cn2cnnc2CN(Cc2ccccc2Cl)C(=O)c2ccc3ccccc3n2)cc1. The largest absolute Gasteiger partial charge is 0.325 e. The average molecular weight is 509 g/mol. The van der Waals surface area contributed by atoms with Gasteiger partial charge in [0.05, 0.1) is 18.6 Å². The van der Waals surface area contributed by atoms with E-state index in [2.05, 4.69) is 20.2 Å². The van der Waals surface area contributed by atoms with Crippen LogP contribution in [0.3, 0.4) is 0 Å². The van der Waals surface area contributed by atoms with Crippen LogP contribution in [-0.4, -0.2) is 43.8 Å². The third kappa shape index (κ3) is 5.73. The number of aromatic nitrogens is 4. The lowest BCUT2D eigenvalue weighted by Gasteiger charge is -2.23. The molecule has 0 radical (unpaired) electrons. The number of carbonyl (C=O) groups excluding carboxylic acids is 1. The van der Waals surface area contributed by atoms with Gasteiger partial charge in [0, 0.05) is 30.2 Å². The van der Waals surface area contributed by atoms with Gasteiger partial charge in [0.25, 0.3) is 5.91 Å². The van der Waals surface area contributed by atoms with Gasteiger partial charge in [-0.1, -0.05) is 78.3 Å². The molecule has 0 aliphatic rings. The molecular weight excluding hydrogens is 484 g/mol. The summed E-state index contributed by atoms with van der Waals surface area (Å²) < 4.78 is 1.95. The number of rotatable bonds is 8. The van der Waals surface area contributed by atoms with Crippen LogP contribution >= 0.6 is 11.6 Å². The number of para-hydroxylation sites is 1. The number of carbonyl (C=O) groups is 1. The standard InChI is InChI=1S/C29H25ClN6O/c1-31-16-21-10-12-22(13-11-21)17-36-20-32-34-28(36)19-35(18-24-7-2-4-8-25(24)30)29(37)27-15-14-23-6-3-5-9-26(23)33-27/h2-16,20H,17-19H2,1H3. The topological polar surface area (TPSA) is 76.3 Å². The molecule has 0 atom stereocenters. The minimum absolute atomic E-state index is 0.205. The lowest BCUT2D eigenvalue weighted by atomic mass is 10.1. The minimum atomic E-state index is -0.205. The quantitative estimate of drug-likeness (QED) is 0.262. The summed E-state index contributed by atoms with van der Waals surface area (Å²) in [6, 6.07) is 27.1. The highest BCUT2D eigenvalue weighted by molar-refractivity contribution is 6.31. The second kappa shape index (κ2) is 11.1. The van der Waals surface area contributed by atoms with Crippen LogP contribution in [0.2, 0.25) is 5.02 Å². The van der Waals surface area contributed by atoms with Gasteiger partial charge in [-0.15, -0.1) is 10.2 Å². The van der Waals surface area contributed by atoms with E-state index < -0.39 is 0 Å². The van der Waals surface area contributed by atoms with Crippen LogP contribution in [0.5, 0.6) is 0 Å². The van der Waals surface area contributed by atoms with E-state index in [1.54, 1.807) is 24.3 Å². The van der Waals surface area contributed by atoms with Gasteiger partial charge in [-0.2, -0.15) is 0 Å². The number of benzene rings is 3. The van der Waals surface area contributed by atoms with Crippen LogP contribution in [0.25, 0.3) is 10.9 Å². The Morgan fingerprint density at radius 1 is 0.973 bits per heavy atom. The maximum Gasteiger partial charge on any atom is 0.273 e. The maximum atomic E-state index is 13.7. The number of nitrogens with zero attached hydrogens (tertiary/aromatic N) is 6. The van der Waals surface area contributed by atoms with Gasteiger partial charge in [-0.05, 0) is 34.9 Å². The number of hydrogen-bond donors (Lipinski definition) is 0. The summed E-state index contributed by atoms with van der Waals surface area (Å²) >= 11 is 6.46. The van der Waals surface area contributed by atoms with E-state index in [4.69, 9.17) is 11.6 Å². The van der Waals surface area contributed by atoms with Crippen molar-refractivity contribution >= 4 is 34.6 Å². The Bertz CT molecular complexity index is 1560. The van der Waals surface area contributed by atoms with Crippen molar-refractivity contribution in [1.29, 1.82) is 0 Å². The molecule has 2 heterocycles. The molecule has 184 valence electrons. The van der Waals surface area contributed by atoms with Crippen molar-refractivity contribution in [2.45, 2.75) is 19.6 Å². The molecule has 37 heavy (non-hydrogen) atoms. The van der Waals surface area contributed by atoms with Crippen molar-refractivity contribution in [2.75, 3.05) is 7.05 Å². The summed E-state index contributed by atoms with van der Waals surface area (Å²) in [5.74, 6) is 0.462. The van der Waals surface area contributed by atoms with Crippen LogP contribution in [0.4, 0.5) is 0 Å². The monoisotopic (exact) mass is 508 g/mol. The molecule has 8 heteroatoms. The van der Waals surface area contributed by atoms with Gasteiger partial charge in [0.1, 0.15) is 12.0 Å². The van der Waals surface area contributed by atoms with E-state index in [1.807, 2.05) is 89.6 Å². The molecule has 0 spiro atoms. The van der Waals surface area contributed by atoms with Crippen molar-refractivity contribution in [3.63, 3.8) is 0 Å². The smallest absolute Gasteiger partial charge is 0.273 e. The summed E-state index contributed by atoms with van der Waals surface area (Å²) in [6.07, 6.45) is 3.50. The molecule has 0 unspecified atom stereocenters. The Morgan fingerprint density at radius 2 is 1.76 bits per heavy atom. The van der Waals surface area contributed by atoms with E-state index in [0.29, 0.717) is 29.6 Å². The van der Waals surface area contributed by atoms with Gasteiger partial charge < -0.3 is 9.47 Å². The molecule has 0 bridgehead atoms. The predicted octanol–water partition coefficient (Wildman–Crippen LogP) is 5.42. The zero-order valence-corrected chi connectivity index (χ0v) is 21.1. The van der Waals surface area contributed by atoms with Gasteiger partial charge in [-0.3, -0.25) is 9.79 Å². The fourth-order valence-electron chi connectivity index (χ4n) is 4.14. The van der Waals surface area contributed by atoms with Crippen molar-refractivity contribution in [1.82, 2.24) is 24.6 Å². The molecule has 0 saturated heterocycles. The zero-order chi connectivity index (χ0) is 25.6. The summed E-state index contributed by atoms with van der Waals surface area (Å²) in [7, 11) is 1.75. The minimum Gasteiger partial charge on any atom is -0.325 e. The summed E-state index contributed by atoms with van der Waals surface area (Å²) in [5.41, 5.74) is 4.11. The molecule has 7 nitrogen and oxygen atoms in total. The molecule has 5 aromatic rings. The summed E-state index contributed by atoms with van der Waals surface area (Å²) in [4.78, 5) is 24.1. The fourth-order valence-corrected chi connectivity index (χ4v) is 4.33. The highest BCUT2D eigenvalue weighted by atomic mass is 35.5. The highest BCUT2D eigenvalue weighted by Crippen LogP contribution is 2.21. The first kappa shape index (κ1) is 24.3. The number of halogens is 1. The average Bonchev–Trinajstić information content (AvgIpc) is 3.36. The number of hydrogen-bond acceptors (Lipinski definition) is 5. The van der Waals surface area contributed by atoms with Crippen molar-refractivity contribution in [2.24, 2.45) is 4.99 Å². The van der Waals surface area contributed by atoms with Crippen LogP contribution in [0.1, 0.15) is 33.0 Å². The molecule has 0 saturated carbocycles. The van der Waals surface area contributed by atoms with Crippen LogP contribution in [0.15, 0.2) is 96.2 Å². The summed E-state index contributed by atoms with van der Waals surface area (Å²) in [5, 5.41) is 10.0. The molecule has 2 aromatic heterocycles. The van der Waals surface area contributed by atoms with E-state index >= 15 is 0 Å². The van der Waals surface area contributed by atoms with Crippen molar-refractivity contribution in [3.8, 4) is 0 Å².